The fourth-order valence-corrected chi connectivity index (χ4v) is 4.94. The SMILES string of the molecule is CC(C)C1C2OC=NC2CC2(C)CCCCCC12. The maximum atomic E-state index is 5.87. The van der Waals surface area contributed by atoms with E-state index < -0.39 is 0 Å². The van der Waals surface area contributed by atoms with Gasteiger partial charge in [0.15, 0.2) is 6.40 Å². The van der Waals surface area contributed by atoms with Gasteiger partial charge in [-0.05, 0) is 36.5 Å². The van der Waals surface area contributed by atoms with E-state index in [-0.39, 0.29) is 0 Å². The predicted octanol–water partition coefficient (Wildman–Crippen LogP) is 4.04. The molecule has 0 N–H and O–H groups in total. The van der Waals surface area contributed by atoms with Gasteiger partial charge < -0.3 is 4.74 Å². The van der Waals surface area contributed by atoms with Crippen molar-refractivity contribution in [2.75, 3.05) is 0 Å². The molecule has 5 atom stereocenters. The molecule has 2 aliphatic carbocycles. The lowest BCUT2D eigenvalue weighted by molar-refractivity contribution is -0.0554. The van der Waals surface area contributed by atoms with Crippen LogP contribution in [-0.4, -0.2) is 18.5 Å². The van der Waals surface area contributed by atoms with Gasteiger partial charge in [0, 0.05) is 5.92 Å². The van der Waals surface area contributed by atoms with E-state index in [2.05, 4.69) is 25.8 Å². The van der Waals surface area contributed by atoms with Crippen molar-refractivity contribution in [3.05, 3.63) is 0 Å². The van der Waals surface area contributed by atoms with Crippen LogP contribution in [0.3, 0.4) is 0 Å². The third kappa shape index (κ3) is 1.88. The number of hydrogen-bond acceptors (Lipinski definition) is 2. The van der Waals surface area contributed by atoms with E-state index in [0.29, 0.717) is 29.4 Å². The van der Waals surface area contributed by atoms with Gasteiger partial charge in [-0.25, -0.2) is 0 Å². The van der Waals surface area contributed by atoms with Gasteiger partial charge in [0.2, 0.25) is 0 Å². The number of ether oxygens (including phenoxy) is 1. The minimum absolute atomic E-state index is 0.376. The summed E-state index contributed by atoms with van der Waals surface area (Å²) in [7, 11) is 0. The van der Waals surface area contributed by atoms with Crippen molar-refractivity contribution in [3.63, 3.8) is 0 Å². The Morgan fingerprint density at radius 3 is 2.89 bits per heavy atom. The molecule has 18 heavy (non-hydrogen) atoms. The van der Waals surface area contributed by atoms with Crippen LogP contribution in [0.1, 0.15) is 59.3 Å². The van der Waals surface area contributed by atoms with E-state index in [9.17, 15) is 0 Å². The van der Waals surface area contributed by atoms with Crippen LogP contribution < -0.4 is 0 Å². The van der Waals surface area contributed by atoms with Crippen LogP contribution >= 0.6 is 0 Å². The summed E-state index contributed by atoms with van der Waals surface area (Å²) in [5.41, 5.74) is 0.512. The first-order valence-corrected chi connectivity index (χ1v) is 7.79. The van der Waals surface area contributed by atoms with Gasteiger partial charge in [-0.2, -0.15) is 0 Å². The second kappa shape index (κ2) is 4.54. The van der Waals surface area contributed by atoms with Gasteiger partial charge in [0.25, 0.3) is 0 Å². The zero-order chi connectivity index (χ0) is 12.8. The Bertz CT molecular complexity index is 338. The maximum Gasteiger partial charge on any atom is 0.170 e. The summed E-state index contributed by atoms with van der Waals surface area (Å²) < 4.78 is 5.87. The molecule has 0 aromatic rings. The lowest BCUT2D eigenvalue weighted by Crippen LogP contribution is -2.51. The highest BCUT2D eigenvalue weighted by Crippen LogP contribution is 2.55. The van der Waals surface area contributed by atoms with E-state index in [1.165, 1.54) is 38.5 Å². The third-order valence-electron chi connectivity index (χ3n) is 5.80. The minimum Gasteiger partial charge on any atom is -0.478 e. The lowest BCUT2D eigenvalue weighted by atomic mass is 9.56. The van der Waals surface area contributed by atoms with Crippen LogP contribution in [0.15, 0.2) is 4.99 Å². The Morgan fingerprint density at radius 1 is 1.28 bits per heavy atom. The van der Waals surface area contributed by atoms with Gasteiger partial charge in [-0.3, -0.25) is 4.99 Å². The van der Waals surface area contributed by atoms with Crippen LogP contribution in [0.25, 0.3) is 0 Å². The molecule has 2 heteroatoms. The van der Waals surface area contributed by atoms with Crippen LogP contribution in [0.4, 0.5) is 0 Å². The Hall–Kier alpha value is -0.530. The summed E-state index contributed by atoms with van der Waals surface area (Å²) in [6, 6.07) is 0.441. The van der Waals surface area contributed by atoms with Crippen molar-refractivity contribution < 1.29 is 4.74 Å². The largest absolute Gasteiger partial charge is 0.478 e. The smallest absolute Gasteiger partial charge is 0.170 e. The number of fused-ring (bicyclic) bond motifs is 2. The number of nitrogens with zero attached hydrogens (tertiary/aromatic N) is 1. The zero-order valence-electron chi connectivity index (χ0n) is 12.1. The fraction of sp³-hybridized carbons (Fsp3) is 0.938. The molecule has 3 rings (SSSR count). The topological polar surface area (TPSA) is 21.6 Å². The molecule has 2 nitrogen and oxygen atoms in total. The molecule has 0 aromatic heterocycles. The van der Waals surface area contributed by atoms with Gasteiger partial charge in [-0.15, -0.1) is 0 Å². The molecule has 0 amide bonds. The number of rotatable bonds is 1. The Labute approximate surface area is 111 Å². The molecule has 1 aliphatic heterocycles. The van der Waals surface area contributed by atoms with Crippen LogP contribution in [-0.2, 0) is 4.74 Å². The Balaban J connectivity index is 1.93. The van der Waals surface area contributed by atoms with Crippen molar-refractivity contribution in [2.24, 2.45) is 28.2 Å². The zero-order valence-corrected chi connectivity index (χ0v) is 12.1. The molecule has 0 bridgehead atoms. The molecule has 2 fully saturated rings. The molecular weight excluding hydrogens is 222 g/mol. The predicted molar refractivity (Wildman–Crippen MR) is 74.8 cm³/mol. The molecule has 5 unspecified atom stereocenters. The second-order valence-corrected chi connectivity index (χ2v) is 7.31. The highest BCUT2D eigenvalue weighted by Gasteiger charge is 2.53. The second-order valence-electron chi connectivity index (χ2n) is 7.31. The van der Waals surface area contributed by atoms with E-state index in [1.54, 1.807) is 6.40 Å². The first-order chi connectivity index (χ1) is 8.62. The average molecular weight is 249 g/mol. The monoisotopic (exact) mass is 249 g/mol. The van der Waals surface area contributed by atoms with E-state index in [4.69, 9.17) is 4.74 Å². The Morgan fingerprint density at radius 2 is 2.11 bits per heavy atom. The standard InChI is InChI=1S/C16H27NO/c1-11(2)14-12-7-5-4-6-8-16(12,3)9-13-15(14)18-10-17-13/h10-15H,4-9H2,1-3H3. The van der Waals surface area contributed by atoms with Crippen LogP contribution in [0.5, 0.6) is 0 Å². The summed E-state index contributed by atoms with van der Waals surface area (Å²) in [6.07, 6.45) is 10.4. The lowest BCUT2D eigenvalue weighted by Gasteiger charge is -2.51. The molecule has 1 heterocycles. The molecule has 102 valence electrons. The summed E-state index contributed by atoms with van der Waals surface area (Å²) in [4.78, 5) is 4.61. The number of hydrogen-bond donors (Lipinski definition) is 0. The highest BCUT2D eigenvalue weighted by molar-refractivity contribution is 5.50. The molecular formula is C16H27NO. The minimum atomic E-state index is 0.376. The van der Waals surface area contributed by atoms with Gasteiger partial charge in [-0.1, -0.05) is 40.0 Å². The maximum absolute atomic E-state index is 5.87. The van der Waals surface area contributed by atoms with E-state index in [1.807, 2.05) is 0 Å². The molecule has 0 aromatic carbocycles. The van der Waals surface area contributed by atoms with E-state index >= 15 is 0 Å². The van der Waals surface area contributed by atoms with Crippen molar-refractivity contribution in [1.82, 2.24) is 0 Å². The van der Waals surface area contributed by atoms with E-state index in [0.717, 1.165) is 5.92 Å². The molecule has 0 radical (unpaired) electrons. The average Bonchev–Trinajstić information content (AvgIpc) is 2.66. The van der Waals surface area contributed by atoms with Gasteiger partial charge >= 0.3 is 0 Å². The first-order valence-electron chi connectivity index (χ1n) is 7.79. The van der Waals surface area contributed by atoms with Gasteiger partial charge in [0.1, 0.15) is 6.10 Å². The molecule has 0 saturated heterocycles. The fourth-order valence-electron chi connectivity index (χ4n) is 4.94. The summed E-state index contributed by atoms with van der Waals surface area (Å²) in [5.74, 6) is 2.26. The van der Waals surface area contributed by atoms with Crippen molar-refractivity contribution in [2.45, 2.75) is 71.4 Å². The first kappa shape index (κ1) is 12.5. The van der Waals surface area contributed by atoms with Crippen LogP contribution in [0.2, 0.25) is 0 Å². The molecule has 3 aliphatic rings. The normalized spacial score (nSPS) is 47.3. The highest BCUT2D eigenvalue weighted by atomic mass is 16.5. The summed E-state index contributed by atoms with van der Waals surface area (Å²) in [6.45, 7) is 7.28. The molecule has 2 saturated carbocycles. The van der Waals surface area contributed by atoms with Gasteiger partial charge in [0.05, 0.1) is 6.04 Å². The van der Waals surface area contributed by atoms with Crippen molar-refractivity contribution in [1.29, 1.82) is 0 Å². The summed E-state index contributed by atoms with van der Waals surface area (Å²) >= 11 is 0. The van der Waals surface area contributed by atoms with Crippen molar-refractivity contribution in [3.8, 4) is 0 Å². The quantitative estimate of drug-likeness (QED) is 0.687. The van der Waals surface area contributed by atoms with Crippen molar-refractivity contribution >= 4 is 6.40 Å². The Kier molecular flexibility index (Phi) is 3.15. The van der Waals surface area contributed by atoms with Crippen LogP contribution in [0, 0.1) is 23.2 Å². The molecule has 0 spiro atoms. The third-order valence-corrected chi connectivity index (χ3v) is 5.80. The number of aliphatic imine (C=N–C) groups is 1. The summed E-state index contributed by atoms with van der Waals surface area (Å²) in [5, 5.41) is 0.